The van der Waals surface area contributed by atoms with Crippen LogP contribution in [-0.4, -0.2) is 0 Å². The molecule has 1 rings (SSSR count). The van der Waals surface area contributed by atoms with Crippen LogP contribution in [0.2, 0.25) is 0 Å². The molecule has 0 heterocycles. The van der Waals surface area contributed by atoms with Gasteiger partial charge in [0.1, 0.15) is 0 Å². The van der Waals surface area contributed by atoms with Crippen molar-refractivity contribution < 1.29 is 51.4 Å². The molecule has 0 saturated heterocycles. The van der Waals surface area contributed by atoms with Crippen molar-refractivity contribution in [2.75, 3.05) is 0 Å². The van der Waals surface area contributed by atoms with E-state index in [1.165, 1.54) is 11.1 Å². The minimum atomic E-state index is 0. The molecule has 1 aromatic carbocycles. The molecule has 0 radical (unpaired) electrons. The molecule has 1 aromatic rings. The molecule has 0 aliphatic heterocycles. The second kappa shape index (κ2) is 5.46. The van der Waals surface area contributed by atoms with Crippen LogP contribution in [0.3, 0.4) is 0 Å². The maximum absolute atomic E-state index is 3.24. The SMILES string of the molecule is CC(C)(C)c1c[c-]cc(C(C)(C)C)c1.[K+]. The summed E-state index contributed by atoms with van der Waals surface area (Å²) >= 11 is 0. The first-order valence-corrected chi connectivity index (χ1v) is 5.23. The number of hydrogen-bond donors (Lipinski definition) is 0. The first kappa shape index (κ1) is 15.9. The van der Waals surface area contributed by atoms with Crippen LogP contribution in [0, 0.1) is 6.07 Å². The first-order valence-electron chi connectivity index (χ1n) is 5.23. The first-order chi connectivity index (χ1) is 6.21. The van der Waals surface area contributed by atoms with E-state index in [2.05, 4.69) is 65.8 Å². The fourth-order valence-electron chi connectivity index (χ4n) is 1.34. The molecule has 0 atom stereocenters. The van der Waals surface area contributed by atoms with Crippen molar-refractivity contribution in [3.05, 3.63) is 35.4 Å². The fourth-order valence-corrected chi connectivity index (χ4v) is 1.34. The largest absolute Gasteiger partial charge is 1.00 e. The minimum absolute atomic E-state index is 0. The van der Waals surface area contributed by atoms with Gasteiger partial charge in [0.05, 0.1) is 0 Å². The van der Waals surface area contributed by atoms with Gasteiger partial charge >= 0.3 is 51.4 Å². The van der Waals surface area contributed by atoms with Gasteiger partial charge in [-0.25, -0.2) is 0 Å². The molecule has 1 heteroatoms. The van der Waals surface area contributed by atoms with Gasteiger partial charge in [-0.15, -0.1) is 0 Å². The van der Waals surface area contributed by atoms with Crippen molar-refractivity contribution >= 4 is 0 Å². The average Bonchev–Trinajstić information content (AvgIpc) is 2.01. The van der Waals surface area contributed by atoms with Crippen LogP contribution in [0.15, 0.2) is 18.2 Å². The topological polar surface area (TPSA) is 0 Å². The summed E-state index contributed by atoms with van der Waals surface area (Å²) < 4.78 is 0. The summed E-state index contributed by atoms with van der Waals surface area (Å²) in [5.74, 6) is 0. The van der Waals surface area contributed by atoms with Crippen molar-refractivity contribution in [1.29, 1.82) is 0 Å². The third kappa shape index (κ3) is 4.70. The molecule has 0 nitrogen and oxygen atoms in total. The van der Waals surface area contributed by atoms with Crippen molar-refractivity contribution in [1.82, 2.24) is 0 Å². The van der Waals surface area contributed by atoms with Gasteiger partial charge in [-0.1, -0.05) is 52.4 Å². The van der Waals surface area contributed by atoms with E-state index in [4.69, 9.17) is 0 Å². The fraction of sp³-hybridized carbons (Fsp3) is 0.571. The Morgan fingerprint density at radius 2 is 1.13 bits per heavy atom. The number of hydrogen-bond acceptors (Lipinski definition) is 0. The van der Waals surface area contributed by atoms with Crippen LogP contribution in [0.4, 0.5) is 0 Å². The Morgan fingerprint density at radius 1 is 0.800 bits per heavy atom. The number of rotatable bonds is 0. The molecule has 78 valence electrons. The smallest absolute Gasteiger partial charge is 0.183 e. The van der Waals surface area contributed by atoms with Crippen molar-refractivity contribution in [3.63, 3.8) is 0 Å². The van der Waals surface area contributed by atoms with Gasteiger partial charge in [0.25, 0.3) is 0 Å². The van der Waals surface area contributed by atoms with Crippen LogP contribution in [0.1, 0.15) is 52.7 Å². The monoisotopic (exact) mass is 228 g/mol. The van der Waals surface area contributed by atoms with Gasteiger partial charge < -0.3 is 0 Å². The predicted molar refractivity (Wildman–Crippen MR) is 62.7 cm³/mol. The summed E-state index contributed by atoms with van der Waals surface area (Å²) in [6, 6.07) is 9.73. The Morgan fingerprint density at radius 3 is 1.40 bits per heavy atom. The Balaban J connectivity index is 0.00000196. The summed E-state index contributed by atoms with van der Waals surface area (Å²) in [7, 11) is 0. The second-order valence-corrected chi connectivity index (χ2v) is 6.01. The van der Waals surface area contributed by atoms with E-state index in [1.807, 2.05) is 0 Å². The molecule has 0 fully saturated rings. The van der Waals surface area contributed by atoms with E-state index in [-0.39, 0.29) is 62.2 Å². The molecule has 15 heavy (non-hydrogen) atoms. The molecule has 0 spiro atoms. The van der Waals surface area contributed by atoms with Gasteiger partial charge in [0.2, 0.25) is 0 Å². The number of benzene rings is 1. The molecule has 0 N–H and O–H groups in total. The molecule has 0 aliphatic carbocycles. The Hall–Kier alpha value is 0.856. The third-order valence-electron chi connectivity index (χ3n) is 2.52. The van der Waals surface area contributed by atoms with Crippen molar-refractivity contribution in [2.45, 2.75) is 52.4 Å². The van der Waals surface area contributed by atoms with Gasteiger partial charge in [-0.05, 0) is 0 Å². The zero-order valence-electron chi connectivity index (χ0n) is 11.2. The summed E-state index contributed by atoms with van der Waals surface area (Å²) in [6.45, 7) is 13.4. The standard InChI is InChI=1S/C14H21.K/c1-13(2,3)11-8-7-9-12(10-11)14(4,5)6;/h8-10H,1-6H3;/q-1;+1. The maximum Gasteiger partial charge on any atom is 1.00 e. The quantitative estimate of drug-likeness (QED) is 0.461. The van der Waals surface area contributed by atoms with Crippen LogP contribution < -0.4 is 51.4 Å². The van der Waals surface area contributed by atoms with Gasteiger partial charge in [-0.3, -0.25) is 0 Å². The Kier molecular flexibility index (Phi) is 5.77. The predicted octanol–water partition coefficient (Wildman–Crippen LogP) is 1.09. The summed E-state index contributed by atoms with van der Waals surface area (Å²) in [5, 5.41) is 0. The molecule has 0 amide bonds. The third-order valence-corrected chi connectivity index (χ3v) is 2.52. The summed E-state index contributed by atoms with van der Waals surface area (Å²) in [4.78, 5) is 0. The molecular formula is C14H21K. The molecular weight excluding hydrogens is 207 g/mol. The molecule has 0 unspecified atom stereocenters. The molecule has 0 saturated carbocycles. The molecule has 0 bridgehead atoms. The van der Waals surface area contributed by atoms with Crippen LogP contribution >= 0.6 is 0 Å². The van der Waals surface area contributed by atoms with E-state index in [0.717, 1.165) is 0 Å². The van der Waals surface area contributed by atoms with Gasteiger partial charge in [0, 0.05) is 0 Å². The maximum atomic E-state index is 3.24. The minimum Gasteiger partial charge on any atom is -0.183 e. The normalized spacial score (nSPS) is 12.1. The van der Waals surface area contributed by atoms with Crippen LogP contribution in [0.25, 0.3) is 0 Å². The zero-order valence-corrected chi connectivity index (χ0v) is 14.4. The van der Waals surface area contributed by atoms with Crippen LogP contribution in [-0.2, 0) is 10.8 Å². The van der Waals surface area contributed by atoms with Gasteiger partial charge in [0.15, 0.2) is 0 Å². The van der Waals surface area contributed by atoms with E-state index in [1.54, 1.807) is 0 Å². The molecule has 0 aliphatic rings. The Labute approximate surface area is 137 Å². The Bertz CT molecular complexity index is 284. The average molecular weight is 228 g/mol. The van der Waals surface area contributed by atoms with Gasteiger partial charge in [-0.2, -0.15) is 35.4 Å². The van der Waals surface area contributed by atoms with Crippen LogP contribution in [0.5, 0.6) is 0 Å². The van der Waals surface area contributed by atoms with E-state index in [9.17, 15) is 0 Å². The zero-order chi connectivity index (χ0) is 11.0. The summed E-state index contributed by atoms with van der Waals surface area (Å²) in [6.07, 6.45) is 0. The van der Waals surface area contributed by atoms with E-state index in [0.29, 0.717) is 0 Å². The van der Waals surface area contributed by atoms with Crippen molar-refractivity contribution in [2.24, 2.45) is 0 Å². The summed E-state index contributed by atoms with van der Waals surface area (Å²) in [5.41, 5.74) is 3.17. The molecule has 0 aromatic heterocycles. The van der Waals surface area contributed by atoms with E-state index >= 15 is 0 Å². The van der Waals surface area contributed by atoms with Crippen molar-refractivity contribution in [3.8, 4) is 0 Å². The second-order valence-electron chi connectivity index (χ2n) is 6.01. The van der Waals surface area contributed by atoms with E-state index < -0.39 is 0 Å².